The van der Waals surface area contributed by atoms with Crippen LogP contribution in [0.1, 0.15) is 25.0 Å². The SMILES string of the molecule is Cc1cccc(NC(=O)CNC(=O)CNc2ccc(S(=O)(=O)N(C)C(C)C)cc2)c1C. The number of rotatable bonds is 9. The Balaban J connectivity index is 1.83. The molecule has 0 unspecified atom stereocenters. The van der Waals surface area contributed by atoms with E-state index in [2.05, 4.69) is 16.0 Å². The third-order valence-corrected chi connectivity index (χ3v) is 7.08. The molecule has 0 aliphatic rings. The van der Waals surface area contributed by atoms with Crippen LogP contribution in [0.2, 0.25) is 0 Å². The van der Waals surface area contributed by atoms with E-state index in [1.807, 2.05) is 32.0 Å². The molecule has 0 heterocycles. The second-order valence-electron chi connectivity index (χ2n) is 7.57. The Morgan fingerprint density at radius 3 is 2.23 bits per heavy atom. The Labute approximate surface area is 184 Å². The van der Waals surface area contributed by atoms with Crippen molar-refractivity contribution in [3.05, 3.63) is 53.6 Å². The van der Waals surface area contributed by atoms with Gasteiger partial charge in [0.25, 0.3) is 0 Å². The minimum atomic E-state index is -3.55. The van der Waals surface area contributed by atoms with Gasteiger partial charge in [0.15, 0.2) is 0 Å². The zero-order chi connectivity index (χ0) is 23.2. The second kappa shape index (κ2) is 10.4. The lowest BCUT2D eigenvalue weighted by Crippen LogP contribution is -2.36. The highest BCUT2D eigenvalue weighted by Crippen LogP contribution is 2.19. The lowest BCUT2D eigenvalue weighted by atomic mass is 10.1. The highest BCUT2D eigenvalue weighted by molar-refractivity contribution is 7.89. The monoisotopic (exact) mass is 446 g/mol. The van der Waals surface area contributed by atoms with Crippen molar-refractivity contribution in [3.8, 4) is 0 Å². The molecule has 0 fully saturated rings. The zero-order valence-corrected chi connectivity index (χ0v) is 19.3. The van der Waals surface area contributed by atoms with Gasteiger partial charge in [0, 0.05) is 24.5 Å². The number of nitrogens with one attached hydrogen (secondary N) is 3. The van der Waals surface area contributed by atoms with Crippen molar-refractivity contribution in [1.82, 2.24) is 9.62 Å². The summed E-state index contributed by atoms with van der Waals surface area (Å²) in [6.07, 6.45) is 0. The number of carbonyl (C=O) groups excluding carboxylic acids is 2. The molecule has 0 aromatic heterocycles. The molecule has 0 spiro atoms. The molecule has 31 heavy (non-hydrogen) atoms. The highest BCUT2D eigenvalue weighted by atomic mass is 32.2. The molecular weight excluding hydrogens is 416 g/mol. The third kappa shape index (κ3) is 6.53. The van der Waals surface area contributed by atoms with Crippen LogP contribution in [-0.2, 0) is 19.6 Å². The summed E-state index contributed by atoms with van der Waals surface area (Å²) < 4.78 is 26.2. The summed E-state index contributed by atoms with van der Waals surface area (Å²) in [7, 11) is -2.02. The summed E-state index contributed by atoms with van der Waals surface area (Å²) in [6.45, 7) is 7.29. The van der Waals surface area contributed by atoms with Gasteiger partial charge in [-0.25, -0.2) is 8.42 Å². The predicted octanol–water partition coefficient (Wildman–Crippen LogP) is 2.50. The van der Waals surface area contributed by atoms with Crippen molar-refractivity contribution in [1.29, 1.82) is 0 Å². The summed E-state index contributed by atoms with van der Waals surface area (Å²) in [6, 6.07) is 11.7. The minimum absolute atomic E-state index is 0.0469. The molecule has 2 rings (SSSR count). The number of hydrogen-bond acceptors (Lipinski definition) is 5. The fourth-order valence-electron chi connectivity index (χ4n) is 2.69. The number of benzene rings is 2. The number of carbonyl (C=O) groups is 2. The summed E-state index contributed by atoms with van der Waals surface area (Å²) in [5.74, 6) is -0.668. The number of nitrogens with zero attached hydrogens (tertiary/aromatic N) is 1. The maximum atomic E-state index is 12.5. The molecule has 0 aliphatic heterocycles. The van der Waals surface area contributed by atoms with Gasteiger partial charge in [-0.3, -0.25) is 9.59 Å². The fraction of sp³-hybridized carbons (Fsp3) is 0.364. The van der Waals surface area contributed by atoms with Gasteiger partial charge in [0.1, 0.15) is 0 Å². The molecule has 0 atom stereocenters. The molecule has 0 saturated heterocycles. The Kier molecular flexibility index (Phi) is 8.18. The van der Waals surface area contributed by atoms with E-state index in [4.69, 9.17) is 0 Å². The van der Waals surface area contributed by atoms with Crippen LogP contribution in [0.15, 0.2) is 47.4 Å². The van der Waals surface area contributed by atoms with E-state index in [-0.39, 0.29) is 35.8 Å². The van der Waals surface area contributed by atoms with Gasteiger partial charge in [0.2, 0.25) is 21.8 Å². The maximum Gasteiger partial charge on any atom is 0.243 e. The summed E-state index contributed by atoms with van der Waals surface area (Å²) >= 11 is 0. The Morgan fingerprint density at radius 1 is 0.968 bits per heavy atom. The number of hydrogen-bond donors (Lipinski definition) is 3. The molecule has 2 aromatic rings. The summed E-state index contributed by atoms with van der Waals surface area (Å²) in [4.78, 5) is 24.3. The van der Waals surface area contributed by atoms with E-state index < -0.39 is 10.0 Å². The molecule has 8 nitrogen and oxygen atoms in total. The number of aryl methyl sites for hydroxylation is 1. The van der Waals surface area contributed by atoms with Crippen LogP contribution in [0.5, 0.6) is 0 Å². The molecule has 0 aliphatic carbocycles. The van der Waals surface area contributed by atoms with Crippen LogP contribution in [-0.4, -0.2) is 50.7 Å². The lowest BCUT2D eigenvalue weighted by molar-refractivity contribution is -0.122. The van der Waals surface area contributed by atoms with Gasteiger partial charge >= 0.3 is 0 Å². The quantitative estimate of drug-likeness (QED) is 0.549. The molecule has 168 valence electrons. The van der Waals surface area contributed by atoms with E-state index in [9.17, 15) is 18.0 Å². The van der Waals surface area contributed by atoms with E-state index >= 15 is 0 Å². The molecular formula is C22H30N4O4S. The average molecular weight is 447 g/mol. The number of anilines is 2. The van der Waals surface area contributed by atoms with Crippen molar-refractivity contribution in [3.63, 3.8) is 0 Å². The second-order valence-corrected chi connectivity index (χ2v) is 9.56. The summed E-state index contributed by atoms with van der Waals surface area (Å²) in [5.41, 5.74) is 3.37. The minimum Gasteiger partial charge on any atom is -0.376 e. The topological polar surface area (TPSA) is 108 Å². The Bertz CT molecular complexity index is 1030. The largest absolute Gasteiger partial charge is 0.376 e. The van der Waals surface area contributed by atoms with Crippen LogP contribution in [0, 0.1) is 13.8 Å². The zero-order valence-electron chi connectivity index (χ0n) is 18.5. The van der Waals surface area contributed by atoms with Gasteiger partial charge < -0.3 is 16.0 Å². The van der Waals surface area contributed by atoms with Gasteiger partial charge in [-0.2, -0.15) is 4.31 Å². The first-order valence-corrected chi connectivity index (χ1v) is 11.4. The van der Waals surface area contributed by atoms with E-state index in [1.54, 1.807) is 26.0 Å². The summed E-state index contributed by atoms with van der Waals surface area (Å²) in [5, 5.41) is 8.25. The van der Waals surface area contributed by atoms with E-state index in [0.29, 0.717) is 5.69 Å². The molecule has 9 heteroatoms. The van der Waals surface area contributed by atoms with Gasteiger partial charge in [0.05, 0.1) is 18.0 Å². The van der Waals surface area contributed by atoms with Crippen LogP contribution in [0.3, 0.4) is 0 Å². The first-order valence-electron chi connectivity index (χ1n) is 9.97. The average Bonchev–Trinajstić information content (AvgIpc) is 2.73. The van der Waals surface area contributed by atoms with Crippen LogP contribution < -0.4 is 16.0 Å². The first kappa shape index (κ1) is 24.4. The molecule has 0 saturated carbocycles. The standard InChI is InChI=1S/C22H30N4O4S/c1-15(2)26(5)31(29,30)19-11-9-18(10-12-19)23-13-21(27)24-14-22(28)25-20-8-6-7-16(3)17(20)4/h6-12,15,23H,13-14H2,1-5H3,(H,24,27)(H,25,28). The van der Waals surface area contributed by atoms with Crippen molar-refractivity contribution in [2.75, 3.05) is 30.8 Å². The van der Waals surface area contributed by atoms with Gasteiger partial charge in [-0.15, -0.1) is 0 Å². The lowest BCUT2D eigenvalue weighted by Gasteiger charge is -2.21. The highest BCUT2D eigenvalue weighted by Gasteiger charge is 2.22. The van der Waals surface area contributed by atoms with Crippen LogP contribution >= 0.6 is 0 Å². The maximum absolute atomic E-state index is 12.5. The van der Waals surface area contributed by atoms with E-state index in [1.165, 1.54) is 23.5 Å². The smallest absolute Gasteiger partial charge is 0.243 e. The molecule has 2 amide bonds. The Morgan fingerprint density at radius 2 is 1.61 bits per heavy atom. The third-order valence-electron chi connectivity index (χ3n) is 5.04. The van der Waals surface area contributed by atoms with Crippen LogP contribution in [0.4, 0.5) is 11.4 Å². The Hall–Kier alpha value is -2.91. The molecule has 0 bridgehead atoms. The van der Waals surface area contributed by atoms with Gasteiger partial charge in [-0.05, 0) is 69.2 Å². The van der Waals surface area contributed by atoms with Crippen LogP contribution in [0.25, 0.3) is 0 Å². The first-order chi connectivity index (χ1) is 14.5. The van der Waals surface area contributed by atoms with Crippen molar-refractivity contribution in [2.24, 2.45) is 0 Å². The number of amides is 2. The number of sulfonamides is 1. The molecule has 3 N–H and O–H groups in total. The van der Waals surface area contributed by atoms with Crippen molar-refractivity contribution < 1.29 is 18.0 Å². The molecule has 2 aromatic carbocycles. The van der Waals surface area contributed by atoms with Crippen molar-refractivity contribution in [2.45, 2.75) is 38.6 Å². The normalized spacial score (nSPS) is 11.5. The fourth-order valence-corrected chi connectivity index (χ4v) is 4.06. The van der Waals surface area contributed by atoms with Gasteiger partial charge in [-0.1, -0.05) is 12.1 Å². The van der Waals surface area contributed by atoms with E-state index in [0.717, 1.165) is 16.8 Å². The predicted molar refractivity (Wildman–Crippen MR) is 123 cm³/mol. The van der Waals surface area contributed by atoms with Crippen molar-refractivity contribution >= 4 is 33.2 Å². The molecule has 0 radical (unpaired) electrons.